The van der Waals surface area contributed by atoms with Crippen LogP contribution in [0.1, 0.15) is 19.8 Å². The van der Waals surface area contributed by atoms with Gasteiger partial charge in [-0.15, -0.1) is 0 Å². The topological polar surface area (TPSA) is 45.8 Å². The Kier molecular flexibility index (Phi) is 4.59. The number of rotatable bonds is 6. The van der Waals surface area contributed by atoms with Gasteiger partial charge in [-0.2, -0.15) is 0 Å². The molecule has 0 spiro atoms. The van der Waals surface area contributed by atoms with Gasteiger partial charge >= 0.3 is 0 Å². The zero-order valence-corrected chi connectivity index (χ0v) is 11.2. The second-order valence-electron chi connectivity index (χ2n) is 4.12. The summed E-state index contributed by atoms with van der Waals surface area (Å²) in [6.45, 7) is 1.63. The average molecular weight is 260 g/mol. The van der Waals surface area contributed by atoms with Gasteiger partial charge in [-0.3, -0.25) is 0 Å². The fourth-order valence-corrected chi connectivity index (χ4v) is 2.42. The third-order valence-corrected chi connectivity index (χ3v) is 3.52. The maximum atomic E-state index is 10.8. The first-order valence-corrected chi connectivity index (χ1v) is 6.97. The zero-order valence-electron chi connectivity index (χ0n) is 10.3. The van der Waals surface area contributed by atoms with Gasteiger partial charge in [0.1, 0.15) is 5.78 Å². The summed E-state index contributed by atoms with van der Waals surface area (Å²) in [6, 6.07) is 10.1. The number of aromatic nitrogens is 2. The third-order valence-electron chi connectivity index (χ3n) is 2.55. The lowest BCUT2D eigenvalue weighted by Gasteiger charge is -1.97. The summed E-state index contributed by atoms with van der Waals surface area (Å²) in [5, 5.41) is 0.914. The van der Waals surface area contributed by atoms with E-state index in [1.165, 1.54) is 0 Å². The molecule has 0 atom stereocenters. The van der Waals surface area contributed by atoms with Crippen molar-refractivity contribution in [1.29, 1.82) is 0 Å². The van der Waals surface area contributed by atoms with Crippen molar-refractivity contribution in [3.05, 3.63) is 36.5 Å². The van der Waals surface area contributed by atoms with Crippen LogP contribution in [0.2, 0.25) is 0 Å². The molecule has 1 heterocycles. The second-order valence-corrected chi connectivity index (χ2v) is 5.21. The summed E-state index contributed by atoms with van der Waals surface area (Å²) in [5.74, 6) is 1.17. The maximum absolute atomic E-state index is 10.8. The van der Waals surface area contributed by atoms with Crippen LogP contribution in [0, 0.1) is 0 Å². The molecule has 18 heavy (non-hydrogen) atoms. The molecule has 0 aliphatic carbocycles. The first kappa shape index (κ1) is 12.9. The van der Waals surface area contributed by atoms with Crippen LogP contribution in [0.4, 0.5) is 0 Å². The predicted molar refractivity (Wildman–Crippen MR) is 74.7 cm³/mol. The van der Waals surface area contributed by atoms with Gasteiger partial charge in [0.15, 0.2) is 5.16 Å². The molecular formula is C14H16N2OS. The largest absolute Gasteiger partial charge is 0.333 e. The van der Waals surface area contributed by atoms with E-state index in [1.54, 1.807) is 18.7 Å². The van der Waals surface area contributed by atoms with Crippen molar-refractivity contribution in [1.82, 2.24) is 9.97 Å². The molecule has 0 amide bonds. The Hall–Kier alpha value is -1.55. The van der Waals surface area contributed by atoms with Crippen molar-refractivity contribution in [2.24, 2.45) is 0 Å². The average Bonchev–Trinajstić information content (AvgIpc) is 2.84. The first-order valence-electron chi connectivity index (χ1n) is 5.98. The van der Waals surface area contributed by atoms with E-state index >= 15 is 0 Å². The Bertz CT molecular complexity index is 508. The van der Waals surface area contributed by atoms with E-state index in [9.17, 15) is 4.79 Å². The molecule has 2 rings (SSSR count). The number of ketones is 1. The SMILES string of the molecule is CC(=O)CCCSc1ncc(-c2ccccc2)[nH]1. The summed E-state index contributed by atoms with van der Waals surface area (Å²) in [4.78, 5) is 18.4. The fourth-order valence-electron chi connectivity index (χ4n) is 1.63. The van der Waals surface area contributed by atoms with E-state index in [1.807, 2.05) is 24.4 Å². The van der Waals surface area contributed by atoms with E-state index in [-0.39, 0.29) is 5.78 Å². The van der Waals surface area contributed by atoms with Crippen molar-refractivity contribution in [3.63, 3.8) is 0 Å². The Morgan fingerprint density at radius 1 is 1.33 bits per heavy atom. The number of nitrogens with zero attached hydrogens (tertiary/aromatic N) is 1. The van der Waals surface area contributed by atoms with Crippen LogP contribution < -0.4 is 0 Å². The molecule has 0 saturated heterocycles. The molecule has 4 heteroatoms. The van der Waals surface area contributed by atoms with Crippen LogP contribution in [0.15, 0.2) is 41.7 Å². The van der Waals surface area contributed by atoms with Gasteiger partial charge in [0.25, 0.3) is 0 Å². The number of carbonyl (C=O) groups excluding carboxylic acids is 1. The lowest BCUT2D eigenvalue weighted by Crippen LogP contribution is -1.91. The Labute approximate surface area is 111 Å². The van der Waals surface area contributed by atoms with Gasteiger partial charge in [-0.05, 0) is 18.9 Å². The molecule has 1 aromatic heterocycles. The molecule has 1 N–H and O–H groups in total. The smallest absolute Gasteiger partial charge is 0.165 e. The van der Waals surface area contributed by atoms with Crippen LogP contribution in [0.5, 0.6) is 0 Å². The van der Waals surface area contributed by atoms with Crippen molar-refractivity contribution in [2.75, 3.05) is 5.75 Å². The van der Waals surface area contributed by atoms with Crippen molar-refractivity contribution >= 4 is 17.5 Å². The maximum Gasteiger partial charge on any atom is 0.165 e. The molecule has 0 aliphatic rings. The highest BCUT2D eigenvalue weighted by Crippen LogP contribution is 2.21. The highest BCUT2D eigenvalue weighted by molar-refractivity contribution is 7.99. The standard InChI is InChI=1S/C14H16N2OS/c1-11(17)6-5-9-18-14-15-10-13(16-14)12-7-3-2-4-8-12/h2-4,7-8,10H,5-6,9H2,1H3,(H,15,16). The molecule has 2 aromatic rings. The highest BCUT2D eigenvalue weighted by Gasteiger charge is 2.03. The van der Waals surface area contributed by atoms with Crippen molar-refractivity contribution in [3.8, 4) is 11.3 Å². The van der Waals surface area contributed by atoms with Crippen LogP contribution >= 0.6 is 11.8 Å². The second kappa shape index (κ2) is 6.40. The monoisotopic (exact) mass is 260 g/mol. The lowest BCUT2D eigenvalue weighted by molar-refractivity contribution is -0.117. The molecule has 94 valence electrons. The minimum Gasteiger partial charge on any atom is -0.333 e. The Balaban J connectivity index is 1.89. The van der Waals surface area contributed by atoms with Gasteiger partial charge in [0.2, 0.25) is 0 Å². The van der Waals surface area contributed by atoms with E-state index in [2.05, 4.69) is 22.1 Å². The third kappa shape index (κ3) is 3.74. The summed E-state index contributed by atoms with van der Waals surface area (Å²) < 4.78 is 0. The molecular weight excluding hydrogens is 244 g/mol. The molecule has 0 fully saturated rings. The number of aromatic amines is 1. The number of carbonyl (C=O) groups is 1. The molecule has 0 radical (unpaired) electrons. The van der Waals surface area contributed by atoms with Gasteiger partial charge in [-0.1, -0.05) is 42.1 Å². The van der Waals surface area contributed by atoms with Gasteiger partial charge in [0.05, 0.1) is 11.9 Å². The summed E-state index contributed by atoms with van der Waals surface area (Å²) in [7, 11) is 0. The number of imidazole rings is 1. The molecule has 3 nitrogen and oxygen atoms in total. The van der Waals surface area contributed by atoms with Gasteiger partial charge in [0, 0.05) is 12.2 Å². The molecule has 0 aliphatic heterocycles. The van der Waals surface area contributed by atoms with E-state index in [4.69, 9.17) is 0 Å². The minimum atomic E-state index is 0.250. The lowest BCUT2D eigenvalue weighted by atomic mass is 10.2. The van der Waals surface area contributed by atoms with E-state index in [0.29, 0.717) is 6.42 Å². The zero-order chi connectivity index (χ0) is 12.8. The number of benzene rings is 1. The number of nitrogens with one attached hydrogen (secondary N) is 1. The first-order chi connectivity index (χ1) is 8.75. The molecule has 0 bridgehead atoms. The van der Waals surface area contributed by atoms with Gasteiger partial charge in [-0.25, -0.2) is 4.98 Å². The molecule has 1 aromatic carbocycles. The van der Waals surface area contributed by atoms with Crippen LogP contribution in [-0.4, -0.2) is 21.5 Å². The molecule has 0 unspecified atom stereocenters. The number of Topliss-reactive ketones (excluding diaryl/α,β-unsaturated/α-hetero) is 1. The fraction of sp³-hybridized carbons (Fsp3) is 0.286. The van der Waals surface area contributed by atoms with E-state index < -0.39 is 0 Å². The van der Waals surface area contributed by atoms with Crippen LogP contribution in [0.3, 0.4) is 0 Å². The summed E-state index contributed by atoms with van der Waals surface area (Å²) in [5.41, 5.74) is 2.17. The Morgan fingerprint density at radius 2 is 2.11 bits per heavy atom. The minimum absolute atomic E-state index is 0.250. The van der Waals surface area contributed by atoms with Crippen LogP contribution in [-0.2, 0) is 4.79 Å². The highest BCUT2D eigenvalue weighted by atomic mass is 32.2. The van der Waals surface area contributed by atoms with Crippen molar-refractivity contribution < 1.29 is 4.79 Å². The van der Waals surface area contributed by atoms with Crippen LogP contribution in [0.25, 0.3) is 11.3 Å². The predicted octanol–water partition coefficient (Wildman–Crippen LogP) is 3.54. The van der Waals surface area contributed by atoms with E-state index in [0.717, 1.165) is 28.6 Å². The Morgan fingerprint density at radius 3 is 2.83 bits per heavy atom. The summed E-state index contributed by atoms with van der Waals surface area (Å²) >= 11 is 1.66. The number of hydrogen-bond donors (Lipinski definition) is 1. The summed E-state index contributed by atoms with van der Waals surface area (Å²) in [6.07, 6.45) is 3.41. The number of H-pyrrole nitrogens is 1. The number of hydrogen-bond acceptors (Lipinski definition) is 3. The molecule has 0 saturated carbocycles. The number of thioether (sulfide) groups is 1. The normalized spacial score (nSPS) is 10.5. The van der Waals surface area contributed by atoms with Crippen molar-refractivity contribution in [2.45, 2.75) is 24.9 Å². The van der Waals surface area contributed by atoms with Gasteiger partial charge < -0.3 is 9.78 Å². The quantitative estimate of drug-likeness (QED) is 0.638.